The van der Waals surface area contributed by atoms with E-state index in [0.29, 0.717) is 33.5 Å². The van der Waals surface area contributed by atoms with E-state index in [1.54, 1.807) is 0 Å². The van der Waals surface area contributed by atoms with E-state index in [2.05, 4.69) is 0 Å². The lowest BCUT2D eigenvalue weighted by atomic mass is 10.1. The molecule has 5 heterocycles. The van der Waals surface area contributed by atoms with Gasteiger partial charge in [0.05, 0.1) is 35.0 Å². The van der Waals surface area contributed by atoms with Gasteiger partial charge in [-0.3, -0.25) is 4.57 Å². The number of rotatable bonds is 3. The maximum absolute atomic E-state index is 9.48. The van der Waals surface area contributed by atoms with Crippen molar-refractivity contribution in [1.29, 1.82) is 0 Å². The average Bonchev–Trinajstić information content (AvgIpc) is 4.07. The van der Waals surface area contributed by atoms with Gasteiger partial charge >= 0.3 is 0 Å². The van der Waals surface area contributed by atoms with Crippen LogP contribution in [0.4, 0.5) is 0 Å². The Bertz CT molecular complexity index is 4020. The molecule has 0 unspecified atom stereocenters. The Morgan fingerprint density at radius 2 is 1.19 bits per heavy atom. The van der Waals surface area contributed by atoms with Gasteiger partial charge in [-0.25, -0.2) is 4.98 Å². The van der Waals surface area contributed by atoms with Crippen LogP contribution in [0.15, 0.2) is 154 Å². The van der Waals surface area contributed by atoms with Gasteiger partial charge in [0, 0.05) is 53.4 Å². The molecule has 6 nitrogen and oxygen atoms in total. The summed E-state index contributed by atoms with van der Waals surface area (Å²) in [5, 5.41) is 3.31. The van der Waals surface area contributed by atoms with Crippen LogP contribution in [-0.4, -0.2) is 19.5 Å². The summed E-state index contributed by atoms with van der Waals surface area (Å²) in [6, 6.07) is 21.9. The van der Waals surface area contributed by atoms with Crippen molar-refractivity contribution in [3.05, 3.63) is 145 Å². The molecule has 0 fully saturated rings. The highest BCUT2D eigenvalue weighted by atomic mass is 32.1. The predicted molar refractivity (Wildman–Crippen MR) is 212 cm³/mol. The highest BCUT2D eigenvalue weighted by Crippen LogP contribution is 2.44. The first-order chi connectivity index (χ1) is 29.9. The van der Waals surface area contributed by atoms with E-state index in [9.17, 15) is 5.48 Å². The molecule has 7 aromatic carbocycles. The van der Waals surface area contributed by atoms with Crippen molar-refractivity contribution in [2.45, 2.75) is 0 Å². The van der Waals surface area contributed by atoms with Gasteiger partial charge in [-0.15, -0.1) is 11.3 Å². The minimum absolute atomic E-state index is 0.0112. The minimum atomic E-state index is -0.549. The molecule has 0 amide bonds. The van der Waals surface area contributed by atoms with Gasteiger partial charge in [-0.2, -0.15) is 9.97 Å². The number of benzene rings is 7. The van der Waals surface area contributed by atoms with Crippen molar-refractivity contribution >= 4 is 97.2 Å². The lowest BCUT2D eigenvalue weighted by Gasteiger charge is -2.12. The Kier molecular flexibility index (Phi) is 4.01. The Balaban J connectivity index is 1.31. The van der Waals surface area contributed by atoms with Gasteiger partial charge in [0.25, 0.3) is 0 Å². The number of furan rings is 2. The Morgan fingerprint density at radius 1 is 0.519 bits per heavy atom. The van der Waals surface area contributed by atoms with Crippen LogP contribution in [0.3, 0.4) is 0 Å². The van der Waals surface area contributed by atoms with E-state index in [-0.39, 0.29) is 77.7 Å². The number of fused-ring (bicyclic) bond motifs is 13. The summed E-state index contributed by atoms with van der Waals surface area (Å²) in [7, 11) is 0. The molecular weight excluding hydrogens is 661 g/mol. The van der Waals surface area contributed by atoms with Gasteiger partial charge < -0.3 is 8.83 Å². The molecule has 0 saturated heterocycles. The molecule has 0 atom stereocenters. The number of aromatic nitrogens is 4. The second kappa shape index (κ2) is 10.4. The van der Waals surface area contributed by atoms with Crippen molar-refractivity contribution < 1.29 is 22.5 Å². The standard InChI is InChI=1S/C45H24N4O2S/c1-5-18-34-25(11-1)28-23-24-30-27-13-4-8-22-38(27)52-42(30)40(28)49(34)45-47-43(32-16-10-21-37-39(32)31-14-3-7-20-36(31)50-37)46-44(48-45)33-17-9-15-29-26-12-2-6-19-35(26)51-41(29)33/h1-24H/i1D,4D,5D,8D,11D,13D,18D,22D,23D,24D. The summed E-state index contributed by atoms with van der Waals surface area (Å²) in [6.07, 6.45) is 0. The van der Waals surface area contributed by atoms with E-state index in [4.69, 9.17) is 32.0 Å². The first-order valence-electron chi connectivity index (χ1n) is 21.4. The molecule has 0 aliphatic rings. The summed E-state index contributed by atoms with van der Waals surface area (Å²) < 4.78 is 104. The SMILES string of the molecule is [2H]c1c([2H])c([2H])c2c(sc3c2c([2H])c([2H])c2c4c([2H])c([2H])c([2H])c([2H])c4n(-c4nc(-c5cccc6c5oc5ccccc56)nc(-c5cccc6oc7ccccc7c56)n4)c32)c1[2H]. The third kappa shape index (κ3) is 3.80. The van der Waals surface area contributed by atoms with Gasteiger partial charge in [0.2, 0.25) is 5.95 Å². The third-order valence-electron chi connectivity index (χ3n) is 9.58. The monoisotopic (exact) mass is 694 g/mol. The van der Waals surface area contributed by atoms with Crippen molar-refractivity contribution in [2.24, 2.45) is 0 Å². The van der Waals surface area contributed by atoms with Crippen molar-refractivity contribution in [3.8, 4) is 28.7 Å². The zero-order valence-corrected chi connectivity index (χ0v) is 27.4. The number of para-hydroxylation sites is 4. The van der Waals surface area contributed by atoms with Crippen LogP contribution in [0.1, 0.15) is 13.7 Å². The van der Waals surface area contributed by atoms with Gasteiger partial charge in [-0.1, -0.05) is 109 Å². The fraction of sp³-hybridized carbons (Fsp3) is 0. The first-order valence-corrected chi connectivity index (χ1v) is 17.2. The number of thiophene rings is 1. The molecule has 12 aromatic rings. The summed E-state index contributed by atoms with van der Waals surface area (Å²) in [5.74, 6) is 0.246. The Hall–Kier alpha value is -6.83. The smallest absolute Gasteiger partial charge is 0.238 e. The molecule has 12 rings (SSSR count). The molecule has 242 valence electrons. The van der Waals surface area contributed by atoms with Gasteiger partial charge in [0.1, 0.15) is 22.3 Å². The predicted octanol–water partition coefficient (Wildman–Crippen LogP) is 12.5. The highest BCUT2D eigenvalue weighted by molar-refractivity contribution is 7.26. The molecule has 7 heteroatoms. The maximum atomic E-state index is 9.48. The van der Waals surface area contributed by atoms with Crippen molar-refractivity contribution in [1.82, 2.24) is 19.5 Å². The van der Waals surface area contributed by atoms with Crippen LogP contribution in [-0.2, 0) is 0 Å². The van der Waals surface area contributed by atoms with Crippen LogP contribution >= 0.6 is 11.3 Å². The molecule has 52 heavy (non-hydrogen) atoms. The summed E-state index contributed by atoms with van der Waals surface area (Å²) >= 11 is 0.982. The second-order valence-electron chi connectivity index (χ2n) is 12.4. The number of hydrogen-bond donors (Lipinski definition) is 0. The van der Waals surface area contributed by atoms with E-state index in [1.165, 1.54) is 4.57 Å². The lowest BCUT2D eigenvalue weighted by Crippen LogP contribution is -2.06. The molecule has 0 bridgehead atoms. The fourth-order valence-electron chi connectivity index (χ4n) is 7.35. The fourth-order valence-corrected chi connectivity index (χ4v) is 8.46. The highest BCUT2D eigenvalue weighted by Gasteiger charge is 2.24. The topological polar surface area (TPSA) is 69.9 Å². The van der Waals surface area contributed by atoms with Crippen LogP contribution in [0.2, 0.25) is 0 Å². The number of hydrogen-bond acceptors (Lipinski definition) is 6. The van der Waals surface area contributed by atoms with Gasteiger partial charge in [0.15, 0.2) is 11.6 Å². The van der Waals surface area contributed by atoms with Gasteiger partial charge in [-0.05, 0) is 36.4 Å². The molecule has 0 radical (unpaired) electrons. The first kappa shape index (κ1) is 20.1. The summed E-state index contributed by atoms with van der Waals surface area (Å²) in [6.45, 7) is 0. The molecule has 0 aliphatic heterocycles. The lowest BCUT2D eigenvalue weighted by molar-refractivity contribution is 0.668. The van der Waals surface area contributed by atoms with E-state index < -0.39 is 42.3 Å². The minimum Gasteiger partial charge on any atom is -0.456 e. The zero-order valence-electron chi connectivity index (χ0n) is 36.6. The van der Waals surface area contributed by atoms with Crippen molar-refractivity contribution in [2.75, 3.05) is 0 Å². The molecule has 0 aliphatic carbocycles. The Morgan fingerprint density at radius 3 is 2.10 bits per heavy atom. The average molecular weight is 695 g/mol. The van der Waals surface area contributed by atoms with Crippen LogP contribution in [0, 0.1) is 0 Å². The Labute approximate surface area is 312 Å². The third-order valence-corrected chi connectivity index (χ3v) is 10.7. The van der Waals surface area contributed by atoms with E-state index in [0.717, 1.165) is 32.9 Å². The largest absolute Gasteiger partial charge is 0.456 e. The summed E-state index contributed by atoms with van der Waals surface area (Å²) in [5.41, 5.74) is 3.50. The molecule has 0 saturated carbocycles. The number of nitrogens with zero attached hydrogens (tertiary/aromatic N) is 4. The zero-order chi connectivity index (χ0) is 42.6. The molecule has 0 spiro atoms. The van der Waals surface area contributed by atoms with Crippen LogP contribution in [0.25, 0.3) is 115 Å². The van der Waals surface area contributed by atoms with Crippen LogP contribution in [0.5, 0.6) is 0 Å². The van der Waals surface area contributed by atoms with Crippen molar-refractivity contribution in [3.63, 3.8) is 0 Å². The normalized spacial score (nSPS) is 14.9. The maximum Gasteiger partial charge on any atom is 0.238 e. The molecular formula is C45H24N4O2S. The molecule has 5 aromatic heterocycles. The van der Waals surface area contributed by atoms with Crippen LogP contribution < -0.4 is 0 Å². The van der Waals surface area contributed by atoms with E-state index in [1.807, 2.05) is 84.9 Å². The second-order valence-corrected chi connectivity index (χ2v) is 13.4. The quantitative estimate of drug-likeness (QED) is 0.184. The molecule has 0 N–H and O–H groups in total. The van der Waals surface area contributed by atoms with E-state index >= 15 is 0 Å². The summed E-state index contributed by atoms with van der Waals surface area (Å²) in [4.78, 5) is 15.3.